The molecule has 0 radical (unpaired) electrons. The molecule has 1 aliphatic heterocycles. The third-order valence-corrected chi connectivity index (χ3v) is 4.59. The molecule has 27 heavy (non-hydrogen) atoms. The highest BCUT2D eigenvalue weighted by molar-refractivity contribution is 5.94. The minimum atomic E-state index is -0.728. The number of hydrogen-bond acceptors (Lipinski definition) is 5. The average Bonchev–Trinajstić information content (AvgIpc) is 2.69. The van der Waals surface area contributed by atoms with Crippen LogP contribution in [0.1, 0.15) is 26.2 Å². The first-order valence-electron chi connectivity index (χ1n) is 9.10. The van der Waals surface area contributed by atoms with Gasteiger partial charge in [-0.25, -0.2) is 0 Å². The molecule has 0 spiro atoms. The summed E-state index contributed by atoms with van der Waals surface area (Å²) >= 11 is 0. The second-order valence-corrected chi connectivity index (χ2v) is 6.59. The molecule has 1 heterocycles. The van der Waals surface area contributed by atoms with E-state index in [2.05, 4.69) is 10.2 Å². The summed E-state index contributed by atoms with van der Waals surface area (Å²) in [6.45, 7) is 3.79. The van der Waals surface area contributed by atoms with Gasteiger partial charge in [-0.15, -0.1) is 0 Å². The molecule has 2 aromatic rings. The van der Waals surface area contributed by atoms with Crippen molar-refractivity contribution in [3.05, 3.63) is 58.6 Å². The van der Waals surface area contributed by atoms with Gasteiger partial charge in [0.05, 0.1) is 4.92 Å². The zero-order valence-electron chi connectivity index (χ0n) is 15.3. The number of amides is 1. The van der Waals surface area contributed by atoms with Crippen molar-refractivity contribution in [3.8, 4) is 5.75 Å². The Bertz CT molecular complexity index is 784. The SMILES string of the molecule is C[C@H](Oc1ccc([N+](=O)[O-])cc1)C(=O)Nc1ccc(N2CCCCC2)cc1. The van der Waals surface area contributed by atoms with E-state index in [4.69, 9.17) is 4.74 Å². The Morgan fingerprint density at radius 1 is 1.07 bits per heavy atom. The van der Waals surface area contributed by atoms with Crippen molar-refractivity contribution in [1.82, 2.24) is 0 Å². The van der Waals surface area contributed by atoms with Gasteiger partial charge in [0.15, 0.2) is 6.10 Å². The Morgan fingerprint density at radius 2 is 1.70 bits per heavy atom. The normalized spacial score (nSPS) is 15.1. The van der Waals surface area contributed by atoms with Crippen LogP contribution in [0.3, 0.4) is 0 Å². The van der Waals surface area contributed by atoms with Crippen LogP contribution in [-0.2, 0) is 4.79 Å². The molecular weight excluding hydrogens is 346 g/mol. The number of piperidine rings is 1. The summed E-state index contributed by atoms with van der Waals surface area (Å²) in [5, 5.41) is 13.5. The summed E-state index contributed by atoms with van der Waals surface area (Å²) in [7, 11) is 0. The number of ether oxygens (including phenoxy) is 1. The molecule has 1 amide bonds. The second-order valence-electron chi connectivity index (χ2n) is 6.59. The van der Waals surface area contributed by atoms with Crippen LogP contribution in [0.15, 0.2) is 48.5 Å². The number of benzene rings is 2. The minimum Gasteiger partial charge on any atom is -0.481 e. The average molecular weight is 369 g/mol. The lowest BCUT2D eigenvalue weighted by Gasteiger charge is -2.28. The van der Waals surface area contributed by atoms with E-state index in [-0.39, 0.29) is 11.6 Å². The van der Waals surface area contributed by atoms with Gasteiger partial charge in [-0.2, -0.15) is 0 Å². The van der Waals surface area contributed by atoms with Gasteiger partial charge < -0.3 is 15.0 Å². The number of nitrogens with zero attached hydrogens (tertiary/aromatic N) is 2. The lowest BCUT2D eigenvalue weighted by Crippen LogP contribution is -2.30. The van der Waals surface area contributed by atoms with Crippen molar-refractivity contribution < 1.29 is 14.5 Å². The zero-order valence-corrected chi connectivity index (χ0v) is 15.3. The number of nitro benzene ring substituents is 1. The summed E-state index contributed by atoms with van der Waals surface area (Å²) in [6.07, 6.45) is 3.00. The summed E-state index contributed by atoms with van der Waals surface area (Å²) in [5.74, 6) is 0.128. The van der Waals surface area contributed by atoms with Gasteiger partial charge in [0, 0.05) is 36.6 Å². The van der Waals surface area contributed by atoms with Gasteiger partial charge in [-0.1, -0.05) is 0 Å². The highest BCUT2D eigenvalue weighted by atomic mass is 16.6. The first-order valence-corrected chi connectivity index (χ1v) is 9.10. The van der Waals surface area contributed by atoms with Crippen molar-refractivity contribution in [2.75, 3.05) is 23.3 Å². The maximum atomic E-state index is 12.3. The number of nitro groups is 1. The molecule has 1 fully saturated rings. The number of carbonyl (C=O) groups excluding carboxylic acids is 1. The number of anilines is 2. The van der Waals surface area contributed by atoms with Crippen LogP contribution in [0.4, 0.5) is 17.1 Å². The molecule has 1 aliphatic rings. The first kappa shape index (κ1) is 18.7. The molecule has 7 heteroatoms. The Morgan fingerprint density at radius 3 is 2.30 bits per heavy atom. The van der Waals surface area contributed by atoms with Gasteiger partial charge >= 0.3 is 0 Å². The third kappa shape index (κ3) is 4.97. The van der Waals surface area contributed by atoms with E-state index in [9.17, 15) is 14.9 Å². The molecule has 1 N–H and O–H groups in total. The number of non-ortho nitro benzene ring substituents is 1. The van der Waals surface area contributed by atoms with Gasteiger partial charge in [-0.3, -0.25) is 14.9 Å². The standard InChI is InChI=1S/C20H23N3O4/c1-15(27-19-11-9-18(10-12-19)23(25)26)20(24)21-16-5-7-17(8-6-16)22-13-3-2-4-14-22/h5-12,15H,2-4,13-14H2,1H3,(H,21,24)/t15-/m0/s1. The number of rotatable bonds is 6. The van der Waals surface area contributed by atoms with E-state index < -0.39 is 11.0 Å². The molecule has 0 aromatic heterocycles. The number of nitrogens with one attached hydrogen (secondary N) is 1. The molecular formula is C20H23N3O4. The van der Waals surface area contributed by atoms with Crippen LogP contribution >= 0.6 is 0 Å². The van der Waals surface area contributed by atoms with Crippen molar-refractivity contribution >= 4 is 23.0 Å². The summed E-state index contributed by atoms with van der Waals surface area (Å²) in [5.41, 5.74) is 1.86. The molecule has 142 valence electrons. The molecule has 1 atom stereocenters. The molecule has 2 aromatic carbocycles. The van der Waals surface area contributed by atoms with Crippen molar-refractivity contribution in [2.45, 2.75) is 32.3 Å². The van der Waals surface area contributed by atoms with Gasteiger partial charge in [0.1, 0.15) is 5.75 Å². The van der Waals surface area contributed by atoms with E-state index in [1.165, 1.54) is 49.2 Å². The van der Waals surface area contributed by atoms with E-state index in [1.54, 1.807) is 6.92 Å². The Balaban J connectivity index is 1.55. The maximum Gasteiger partial charge on any atom is 0.269 e. The third-order valence-electron chi connectivity index (χ3n) is 4.59. The lowest BCUT2D eigenvalue weighted by atomic mass is 10.1. The monoisotopic (exact) mass is 369 g/mol. The highest BCUT2D eigenvalue weighted by Gasteiger charge is 2.16. The fourth-order valence-corrected chi connectivity index (χ4v) is 3.06. The van der Waals surface area contributed by atoms with E-state index in [0.29, 0.717) is 11.4 Å². The van der Waals surface area contributed by atoms with Gasteiger partial charge in [0.25, 0.3) is 11.6 Å². The highest BCUT2D eigenvalue weighted by Crippen LogP contribution is 2.22. The van der Waals surface area contributed by atoms with Crippen LogP contribution in [-0.4, -0.2) is 30.0 Å². The summed E-state index contributed by atoms with van der Waals surface area (Å²) in [4.78, 5) is 24.9. The summed E-state index contributed by atoms with van der Waals surface area (Å²) < 4.78 is 5.56. The van der Waals surface area contributed by atoms with Crippen LogP contribution < -0.4 is 15.0 Å². The molecule has 0 bridgehead atoms. The molecule has 1 saturated heterocycles. The van der Waals surface area contributed by atoms with E-state index in [0.717, 1.165) is 13.1 Å². The maximum absolute atomic E-state index is 12.3. The number of hydrogen-bond donors (Lipinski definition) is 1. The largest absolute Gasteiger partial charge is 0.481 e. The Kier molecular flexibility index (Phi) is 5.90. The van der Waals surface area contributed by atoms with Crippen molar-refractivity contribution in [1.29, 1.82) is 0 Å². The predicted molar refractivity (Wildman–Crippen MR) is 104 cm³/mol. The minimum absolute atomic E-state index is 0.0201. The second kappa shape index (κ2) is 8.53. The Labute approximate surface area is 158 Å². The molecule has 0 saturated carbocycles. The quantitative estimate of drug-likeness (QED) is 0.615. The summed E-state index contributed by atoms with van der Waals surface area (Å²) in [6, 6.07) is 13.5. The van der Waals surface area contributed by atoms with Crippen LogP contribution in [0.25, 0.3) is 0 Å². The van der Waals surface area contributed by atoms with E-state index in [1.807, 2.05) is 24.3 Å². The smallest absolute Gasteiger partial charge is 0.269 e. The van der Waals surface area contributed by atoms with E-state index >= 15 is 0 Å². The van der Waals surface area contributed by atoms with Crippen LogP contribution in [0.2, 0.25) is 0 Å². The predicted octanol–water partition coefficient (Wildman–Crippen LogP) is 3.99. The first-order chi connectivity index (χ1) is 13.0. The number of carbonyl (C=O) groups is 1. The Hall–Kier alpha value is -3.09. The molecule has 0 unspecified atom stereocenters. The molecule has 0 aliphatic carbocycles. The fraction of sp³-hybridized carbons (Fsp3) is 0.350. The van der Waals surface area contributed by atoms with Crippen molar-refractivity contribution in [3.63, 3.8) is 0 Å². The van der Waals surface area contributed by atoms with Crippen LogP contribution in [0, 0.1) is 10.1 Å². The fourth-order valence-electron chi connectivity index (χ4n) is 3.06. The van der Waals surface area contributed by atoms with Gasteiger partial charge in [-0.05, 0) is 62.6 Å². The van der Waals surface area contributed by atoms with Crippen molar-refractivity contribution in [2.24, 2.45) is 0 Å². The zero-order chi connectivity index (χ0) is 19.2. The molecule has 3 rings (SSSR count). The van der Waals surface area contributed by atoms with Crippen LogP contribution in [0.5, 0.6) is 5.75 Å². The lowest BCUT2D eigenvalue weighted by molar-refractivity contribution is -0.384. The van der Waals surface area contributed by atoms with Gasteiger partial charge in [0.2, 0.25) is 0 Å². The topological polar surface area (TPSA) is 84.7 Å². The molecule has 7 nitrogen and oxygen atoms in total.